The number of hydrogen-bond donors (Lipinski definition) is 3. The van der Waals surface area contributed by atoms with Crippen molar-refractivity contribution < 1.29 is 14.7 Å². The number of nitrogens with two attached hydrogens (primary N) is 1. The molecule has 1 aliphatic rings. The summed E-state index contributed by atoms with van der Waals surface area (Å²) in [5, 5.41) is 12.0. The van der Waals surface area contributed by atoms with Gasteiger partial charge in [-0.25, -0.2) is 4.79 Å². The van der Waals surface area contributed by atoms with E-state index in [0.717, 1.165) is 31.5 Å². The Kier molecular flexibility index (Phi) is 4.80. The molecule has 0 unspecified atom stereocenters. The SMILES string of the molecule is CNC(=O)C1CCN(Cc2cccc(N)c2C(=O)O)CC1. The molecule has 4 N–H and O–H groups in total. The van der Waals surface area contributed by atoms with E-state index >= 15 is 0 Å². The maximum absolute atomic E-state index is 11.6. The summed E-state index contributed by atoms with van der Waals surface area (Å²) in [6.07, 6.45) is 1.59. The second-order valence-corrected chi connectivity index (χ2v) is 5.35. The highest BCUT2D eigenvalue weighted by Gasteiger charge is 2.25. The standard InChI is InChI=1S/C15H21N3O3/c1-17-14(19)10-5-7-18(8-6-10)9-11-3-2-4-12(16)13(11)15(20)21/h2-4,10H,5-9,16H2,1H3,(H,17,19)(H,20,21). The number of amides is 1. The number of carboxylic acid groups (broad SMARTS) is 1. The van der Waals surface area contributed by atoms with Crippen LogP contribution in [0.3, 0.4) is 0 Å². The zero-order valence-electron chi connectivity index (χ0n) is 12.1. The van der Waals surface area contributed by atoms with Crippen LogP contribution in [-0.2, 0) is 11.3 Å². The zero-order chi connectivity index (χ0) is 15.4. The number of aromatic carboxylic acids is 1. The van der Waals surface area contributed by atoms with E-state index in [1.807, 2.05) is 0 Å². The number of nitrogens with one attached hydrogen (secondary N) is 1. The molecule has 21 heavy (non-hydrogen) atoms. The molecular weight excluding hydrogens is 270 g/mol. The van der Waals surface area contributed by atoms with Crippen molar-refractivity contribution in [2.45, 2.75) is 19.4 Å². The van der Waals surface area contributed by atoms with Crippen molar-refractivity contribution in [3.63, 3.8) is 0 Å². The molecule has 0 radical (unpaired) electrons. The molecule has 114 valence electrons. The van der Waals surface area contributed by atoms with Crippen molar-refractivity contribution in [1.29, 1.82) is 0 Å². The predicted octanol–water partition coefficient (Wildman–Crippen LogP) is 0.925. The molecule has 1 saturated heterocycles. The van der Waals surface area contributed by atoms with Gasteiger partial charge in [0, 0.05) is 25.2 Å². The minimum absolute atomic E-state index is 0.0611. The summed E-state index contributed by atoms with van der Waals surface area (Å²) < 4.78 is 0. The predicted molar refractivity (Wildman–Crippen MR) is 79.9 cm³/mol. The molecule has 2 rings (SSSR count). The summed E-state index contributed by atoms with van der Waals surface area (Å²) >= 11 is 0. The molecule has 1 aromatic rings. The van der Waals surface area contributed by atoms with Gasteiger partial charge in [-0.3, -0.25) is 9.69 Å². The first kappa shape index (κ1) is 15.3. The molecule has 6 nitrogen and oxygen atoms in total. The number of likely N-dealkylation sites (tertiary alicyclic amines) is 1. The van der Waals surface area contributed by atoms with E-state index < -0.39 is 5.97 Å². The molecule has 0 bridgehead atoms. The molecule has 0 atom stereocenters. The minimum Gasteiger partial charge on any atom is -0.478 e. The van der Waals surface area contributed by atoms with Gasteiger partial charge in [-0.1, -0.05) is 12.1 Å². The van der Waals surface area contributed by atoms with E-state index in [1.54, 1.807) is 25.2 Å². The fourth-order valence-electron chi connectivity index (χ4n) is 2.81. The van der Waals surface area contributed by atoms with Gasteiger partial charge in [0.15, 0.2) is 0 Å². The van der Waals surface area contributed by atoms with Gasteiger partial charge >= 0.3 is 5.97 Å². The van der Waals surface area contributed by atoms with Crippen molar-refractivity contribution in [1.82, 2.24) is 10.2 Å². The van der Waals surface area contributed by atoms with Crippen LogP contribution in [0.5, 0.6) is 0 Å². The number of benzene rings is 1. The van der Waals surface area contributed by atoms with Crippen molar-refractivity contribution in [3.8, 4) is 0 Å². The van der Waals surface area contributed by atoms with Gasteiger partial charge in [0.05, 0.1) is 5.56 Å². The van der Waals surface area contributed by atoms with Gasteiger partial charge in [-0.15, -0.1) is 0 Å². The van der Waals surface area contributed by atoms with Gasteiger partial charge in [0.1, 0.15) is 0 Å². The summed E-state index contributed by atoms with van der Waals surface area (Å²) in [4.78, 5) is 25.1. The number of carbonyl (C=O) groups is 2. The molecule has 1 fully saturated rings. The smallest absolute Gasteiger partial charge is 0.338 e. The number of anilines is 1. The van der Waals surface area contributed by atoms with Crippen LogP contribution in [0.2, 0.25) is 0 Å². The van der Waals surface area contributed by atoms with E-state index in [4.69, 9.17) is 5.73 Å². The molecule has 0 aromatic heterocycles. The summed E-state index contributed by atoms with van der Waals surface area (Å²) in [6.45, 7) is 2.12. The Morgan fingerprint density at radius 1 is 1.38 bits per heavy atom. The van der Waals surface area contributed by atoms with E-state index in [1.165, 1.54) is 0 Å². The molecule has 0 spiro atoms. The number of nitrogens with zero attached hydrogens (tertiary/aromatic N) is 1. The van der Waals surface area contributed by atoms with E-state index in [9.17, 15) is 14.7 Å². The highest BCUT2D eigenvalue weighted by Crippen LogP contribution is 2.23. The third-order valence-corrected chi connectivity index (χ3v) is 4.00. The fraction of sp³-hybridized carbons (Fsp3) is 0.467. The Bertz CT molecular complexity index is 537. The van der Waals surface area contributed by atoms with Crippen molar-refractivity contribution in [2.75, 3.05) is 25.9 Å². The van der Waals surface area contributed by atoms with Crippen LogP contribution in [0.4, 0.5) is 5.69 Å². The second-order valence-electron chi connectivity index (χ2n) is 5.35. The molecular formula is C15H21N3O3. The van der Waals surface area contributed by atoms with Crippen LogP contribution in [0.1, 0.15) is 28.8 Å². The molecule has 1 amide bonds. The van der Waals surface area contributed by atoms with Crippen molar-refractivity contribution >= 4 is 17.6 Å². The van der Waals surface area contributed by atoms with Gasteiger partial charge in [0.25, 0.3) is 0 Å². The topological polar surface area (TPSA) is 95.7 Å². The number of piperidine rings is 1. The summed E-state index contributed by atoms with van der Waals surface area (Å²) in [5.74, 6) is -0.848. The van der Waals surface area contributed by atoms with E-state index in [2.05, 4.69) is 10.2 Å². The number of rotatable bonds is 4. The lowest BCUT2D eigenvalue weighted by Gasteiger charge is -2.31. The first-order valence-electron chi connectivity index (χ1n) is 7.07. The van der Waals surface area contributed by atoms with Gasteiger partial charge in [0.2, 0.25) is 5.91 Å². The third kappa shape index (κ3) is 3.52. The van der Waals surface area contributed by atoms with Crippen molar-refractivity contribution in [2.24, 2.45) is 5.92 Å². The van der Waals surface area contributed by atoms with Crippen LogP contribution < -0.4 is 11.1 Å². The number of nitrogen functional groups attached to an aromatic ring is 1. The molecule has 0 aliphatic carbocycles. The molecule has 6 heteroatoms. The van der Waals surface area contributed by atoms with Crippen molar-refractivity contribution in [3.05, 3.63) is 29.3 Å². The maximum atomic E-state index is 11.6. The third-order valence-electron chi connectivity index (χ3n) is 4.00. The van der Waals surface area contributed by atoms with Crippen LogP contribution in [0, 0.1) is 5.92 Å². The lowest BCUT2D eigenvalue weighted by atomic mass is 9.95. The van der Waals surface area contributed by atoms with E-state index in [0.29, 0.717) is 12.2 Å². The minimum atomic E-state index is -0.997. The van der Waals surface area contributed by atoms with Gasteiger partial charge in [-0.2, -0.15) is 0 Å². The Morgan fingerprint density at radius 3 is 2.62 bits per heavy atom. The highest BCUT2D eigenvalue weighted by atomic mass is 16.4. The molecule has 1 aromatic carbocycles. The number of carbonyl (C=O) groups excluding carboxylic acids is 1. The lowest BCUT2D eigenvalue weighted by Crippen LogP contribution is -2.39. The molecule has 1 heterocycles. The summed E-state index contributed by atoms with van der Waals surface area (Å²) in [6, 6.07) is 5.17. The average Bonchev–Trinajstić information content (AvgIpc) is 2.47. The first-order valence-corrected chi connectivity index (χ1v) is 7.07. The van der Waals surface area contributed by atoms with Crippen LogP contribution in [0.15, 0.2) is 18.2 Å². The van der Waals surface area contributed by atoms with Gasteiger partial charge in [-0.05, 0) is 37.6 Å². The Morgan fingerprint density at radius 2 is 2.05 bits per heavy atom. The Labute approximate surface area is 123 Å². The largest absolute Gasteiger partial charge is 0.478 e. The van der Waals surface area contributed by atoms with Crippen LogP contribution in [0.25, 0.3) is 0 Å². The maximum Gasteiger partial charge on any atom is 0.338 e. The molecule has 0 saturated carbocycles. The quantitative estimate of drug-likeness (QED) is 0.717. The second kappa shape index (κ2) is 6.58. The normalized spacial score (nSPS) is 16.6. The van der Waals surface area contributed by atoms with E-state index in [-0.39, 0.29) is 17.4 Å². The Balaban J connectivity index is 2.03. The average molecular weight is 291 g/mol. The molecule has 1 aliphatic heterocycles. The monoisotopic (exact) mass is 291 g/mol. The van der Waals surface area contributed by atoms with Crippen LogP contribution in [-0.4, -0.2) is 42.0 Å². The highest BCUT2D eigenvalue weighted by molar-refractivity contribution is 5.95. The fourth-order valence-corrected chi connectivity index (χ4v) is 2.81. The summed E-state index contributed by atoms with van der Waals surface area (Å²) in [7, 11) is 1.65. The van der Waals surface area contributed by atoms with Gasteiger partial charge < -0.3 is 16.2 Å². The number of hydrogen-bond acceptors (Lipinski definition) is 4. The summed E-state index contributed by atoms with van der Waals surface area (Å²) in [5.41, 5.74) is 6.96. The first-order chi connectivity index (χ1) is 10.0. The lowest BCUT2D eigenvalue weighted by molar-refractivity contribution is -0.125. The zero-order valence-corrected chi connectivity index (χ0v) is 12.1. The Hall–Kier alpha value is -2.08. The van der Waals surface area contributed by atoms with Crippen LogP contribution >= 0.6 is 0 Å². The number of carboxylic acids is 1.